The van der Waals surface area contributed by atoms with Gasteiger partial charge in [0.2, 0.25) is 0 Å². The van der Waals surface area contributed by atoms with Crippen molar-refractivity contribution in [3.8, 4) is 0 Å². The van der Waals surface area contributed by atoms with Crippen LogP contribution >= 0.6 is 11.6 Å². The van der Waals surface area contributed by atoms with Crippen molar-refractivity contribution in [1.29, 1.82) is 0 Å². The molecule has 0 heterocycles. The van der Waals surface area contributed by atoms with Crippen LogP contribution in [0.2, 0.25) is 5.02 Å². The first kappa shape index (κ1) is 17.3. The van der Waals surface area contributed by atoms with Crippen molar-refractivity contribution in [3.63, 3.8) is 0 Å². The second-order valence-electron chi connectivity index (χ2n) is 5.35. The zero-order valence-electron chi connectivity index (χ0n) is 13.1. The molecule has 1 aromatic carbocycles. The van der Waals surface area contributed by atoms with Crippen molar-refractivity contribution in [2.45, 2.75) is 26.8 Å². The van der Waals surface area contributed by atoms with Gasteiger partial charge in [-0.3, -0.25) is 0 Å². The summed E-state index contributed by atoms with van der Waals surface area (Å²) >= 11 is 6.40. The lowest BCUT2D eigenvalue weighted by molar-refractivity contribution is 0.199. The molecule has 0 amide bonds. The van der Waals surface area contributed by atoms with Crippen LogP contribution in [0.25, 0.3) is 0 Å². The fourth-order valence-corrected chi connectivity index (χ4v) is 2.42. The van der Waals surface area contributed by atoms with E-state index >= 15 is 0 Å². The normalized spacial score (nSPS) is 12.4. The number of rotatable bonds is 9. The first-order chi connectivity index (χ1) is 9.58. The van der Waals surface area contributed by atoms with Gasteiger partial charge >= 0.3 is 0 Å². The van der Waals surface area contributed by atoms with E-state index in [0.29, 0.717) is 5.92 Å². The van der Waals surface area contributed by atoms with Gasteiger partial charge in [-0.2, -0.15) is 0 Å². The number of hydrogen-bond donors (Lipinski definition) is 1. The van der Waals surface area contributed by atoms with Crippen molar-refractivity contribution in [3.05, 3.63) is 28.8 Å². The Morgan fingerprint density at radius 1 is 1.40 bits per heavy atom. The second-order valence-corrected chi connectivity index (χ2v) is 5.76. The summed E-state index contributed by atoms with van der Waals surface area (Å²) in [5, 5.41) is 4.14. The molecule has 0 aliphatic carbocycles. The van der Waals surface area contributed by atoms with Crippen molar-refractivity contribution in [2.24, 2.45) is 5.92 Å². The van der Waals surface area contributed by atoms with E-state index in [1.165, 1.54) is 12.0 Å². The van der Waals surface area contributed by atoms with Gasteiger partial charge in [-0.05, 0) is 23.6 Å². The molecule has 4 heteroatoms. The highest BCUT2D eigenvalue weighted by Crippen LogP contribution is 2.27. The molecule has 0 saturated heterocycles. The molecule has 0 spiro atoms. The molecule has 0 aromatic heterocycles. The number of halogens is 1. The van der Waals surface area contributed by atoms with E-state index in [-0.39, 0.29) is 0 Å². The lowest BCUT2D eigenvalue weighted by Crippen LogP contribution is -2.24. The molecule has 114 valence electrons. The molecular weight excluding hydrogens is 272 g/mol. The number of methoxy groups -OCH3 is 1. The number of hydrogen-bond acceptors (Lipinski definition) is 3. The third kappa shape index (κ3) is 5.70. The Morgan fingerprint density at radius 2 is 2.15 bits per heavy atom. The monoisotopic (exact) mass is 298 g/mol. The van der Waals surface area contributed by atoms with Crippen molar-refractivity contribution in [1.82, 2.24) is 5.32 Å². The molecule has 1 atom stereocenters. The lowest BCUT2D eigenvalue weighted by Gasteiger charge is -2.24. The molecule has 0 bridgehead atoms. The molecule has 1 N–H and O–H groups in total. The van der Waals surface area contributed by atoms with Gasteiger partial charge in [0.05, 0.1) is 17.3 Å². The summed E-state index contributed by atoms with van der Waals surface area (Å²) in [6.07, 6.45) is 1.18. The summed E-state index contributed by atoms with van der Waals surface area (Å²) in [4.78, 5) is 2.23. The third-order valence-corrected chi connectivity index (χ3v) is 3.82. The van der Waals surface area contributed by atoms with Gasteiger partial charge in [0.25, 0.3) is 0 Å². The fraction of sp³-hybridized carbons (Fsp3) is 0.625. The minimum absolute atomic E-state index is 0.673. The molecule has 1 rings (SSSR count). The Labute approximate surface area is 128 Å². The van der Waals surface area contributed by atoms with E-state index in [1.54, 1.807) is 7.11 Å². The zero-order valence-corrected chi connectivity index (χ0v) is 13.8. The first-order valence-electron chi connectivity index (χ1n) is 7.27. The molecule has 3 nitrogen and oxygen atoms in total. The third-order valence-electron chi connectivity index (χ3n) is 3.52. The SMILES string of the molecule is CCC(C)CN(C)c1ccc(CNCCOC)cc1Cl. The van der Waals surface area contributed by atoms with E-state index < -0.39 is 0 Å². The maximum Gasteiger partial charge on any atom is 0.0642 e. The Bertz CT molecular complexity index is 398. The highest BCUT2D eigenvalue weighted by Gasteiger charge is 2.09. The predicted molar refractivity (Wildman–Crippen MR) is 87.8 cm³/mol. The number of ether oxygens (including phenoxy) is 1. The van der Waals surface area contributed by atoms with Gasteiger partial charge in [0, 0.05) is 33.8 Å². The summed E-state index contributed by atoms with van der Waals surface area (Å²) in [5.41, 5.74) is 2.31. The summed E-state index contributed by atoms with van der Waals surface area (Å²) < 4.78 is 5.01. The maximum atomic E-state index is 6.40. The van der Waals surface area contributed by atoms with Gasteiger partial charge in [-0.1, -0.05) is 37.9 Å². The highest BCUT2D eigenvalue weighted by atomic mass is 35.5. The Hall–Kier alpha value is -0.770. The highest BCUT2D eigenvalue weighted by molar-refractivity contribution is 6.33. The largest absolute Gasteiger partial charge is 0.383 e. The predicted octanol–water partition coefficient (Wildman–Crippen LogP) is 3.56. The molecule has 1 aromatic rings. The lowest BCUT2D eigenvalue weighted by atomic mass is 10.1. The van der Waals surface area contributed by atoms with E-state index in [0.717, 1.165) is 37.0 Å². The number of anilines is 1. The number of nitrogens with zero attached hydrogens (tertiary/aromatic N) is 1. The first-order valence-corrected chi connectivity index (χ1v) is 7.65. The topological polar surface area (TPSA) is 24.5 Å². The van der Waals surface area contributed by atoms with Crippen molar-refractivity contribution in [2.75, 3.05) is 38.8 Å². The zero-order chi connectivity index (χ0) is 15.0. The summed E-state index contributed by atoms with van der Waals surface area (Å²) in [7, 11) is 3.81. The summed E-state index contributed by atoms with van der Waals surface area (Å²) in [6, 6.07) is 6.29. The van der Waals surface area contributed by atoms with Crippen LogP contribution in [0, 0.1) is 5.92 Å². The van der Waals surface area contributed by atoms with E-state index in [2.05, 4.69) is 43.2 Å². The van der Waals surface area contributed by atoms with Gasteiger partial charge < -0.3 is 15.0 Å². The number of nitrogens with one attached hydrogen (secondary N) is 1. The van der Waals surface area contributed by atoms with Crippen LogP contribution in [0.1, 0.15) is 25.8 Å². The van der Waals surface area contributed by atoms with E-state index in [9.17, 15) is 0 Å². The summed E-state index contributed by atoms with van der Waals surface area (Å²) in [5.74, 6) is 0.673. The second kappa shape index (κ2) is 9.22. The minimum Gasteiger partial charge on any atom is -0.383 e. The Balaban J connectivity index is 2.58. The average molecular weight is 299 g/mol. The van der Waals surface area contributed by atoms with E-state index in [1.807, 2.05) is 6.07 Å². The molecule has 0 aliphatic heterocycles. The van der Waals surface area contributed by atoms with Gasteiger partial charge in [0.15, 0.2) is 0 Å². The van der Waals surface area contributed by atoms with Gasteiger partial charge in [0.1, 0.15) is 0 Å². The molecule has 1 unspecified atom stereocenters. The van der Waals surface area contributed by atoms with Crippen molar-refractivity contribution < 1.29 is 4.74 Å². The smallest absolute Gasteiger partial charge is 0.0642 e. The van der Waals surface area contributed by atoms with Crippen LogP contribution < -0.4 is 10.2 Å². The van der Waals surface area contributed by atoms with Crippen LogP contribution in [0.5, 0.6) is 0 Å². The van der Waals surface area contributed by atoms with Crippen LogP contribution in [-0.2, 0) is 11.3 Å². The van der Waals surface area contributed by atoms with E-state index in [4.69, 9.17) is 16.3 Å². The Kier molecular flexibility index (Phi) is 7.97. The molecule has 0 saturated carbocycles. The maximum absolute atomic E-state index is 6.40. The van der Waals surface area contributed by atoms with Crippen LogP contribution in [0.15, 0.2) is 18.2 Å². The standard InChI is InChI=1S/C16H27ClN2O/c1-5-13(2)12-19(3)16-7-6-14(10-15(16)17)11-18-8-9-20-4/h6-7,10,13,18H,5,8-9,11-12H2,1-4H3. The molecule has 0 radical (unpaired) electrons. The molecular formula is C16H27ClN2O. The molecule has 20 heavy (non-hydrogen) atoms. The van der Waals surface area contributed by atoms with Crippen LogP contribution in [-0.4, -0.2) is 33.9 Å². The fourth-order valence-electron chi connectivity index (χ4n) is 2.07. The van der Waals surface area contributed by atoms with Gasteiger partial charge in [-0.15, -0.1) is 0 Å². The number of benzene rings is 1. The van der Waals surface area contributed by atoms with Crippen LogP contribution in [0.3, 0.4) is 0 Å². The van der Waals surface area contributed by atoms with Crippen molar-refractivity contribution >= 4 is 17.3 Å². The molecule has 0 fully saturated rings. The molecule has 0 aliphatic rings. The average Bonchev–Trinajstić information content (AvgIpc) is 2.43. The minimum atomic E-state index is 0.673. The quantitative estimate of drug-likeness (QED) is 0.706. The summed E-state index contributed by atoms with van der Waals surface area (Å²) in [6.45, 7) is 7.90. The Morgan fingerprint density at radius 3 is 2.75 bits per heavy atom. The van der Waals surface area contributed by atoms with Crippen LogP contribution in [0.4, 0.5) is 5.69 Å². The van der Waals surface area contributed by atoms with Gasteiger partial charge in [-0.25, -0.2) is 0 Å².